The van der Waals surface area contributed by atoms with E-state index in [1.54, 1.807) is 0 Å². The molecule has 0 atom stereocenters. The topological polar surface area (TPSA) is 132 Å². The highest BCUT2D eigenvalue weighted by Gasteiger charge is 2.37. The summed E-state index contributed by atoms with van der Waals surface area (Å²) >= 11 is 0. The zero-order valence-electron chi connectivity index (χ0n) is 16.2. The molecule has 0 aliphatic carbocycles. The fourth-order valence-electron chi connectivity index (χ4n) is 1.71. The van der Waals surface area contributed by atoms with Gasteiger partial charge in [0, 0.05) is 18.2 Å². The van der Waals surface area contributed by atoms with Gasteiger partial charge in [-0.25, -0.2) is 14.4 Å². The Labute approximate surface area is 168 Å². The van der Waals surface area contributed by atoms with Gasteiger partial charge in [-0.2, -0.15) is 0 Å². The maximum absolute atomic E-state index is 11.9. The zero-order valence-corrected chi connectivity index (χ0v) is 16.2. The van der Waals surface area contributed by atoms with Gasteiger partial charge in [0.05, 0.1) is 20.0 Å². The SMILES string of the molecule is C=CC(=O)OCC(COC(=O)C=C)(COC(=O)C=C)COC(=O)CCC(=O)OC. The van der Waals surface area contributed by atoms with E-state index in [4.69, 9.17) is 18.9 Å². The Bertz CT molecular complexity index is 590. The van der Waals surface area contributed by atoms with Crippen molar-refractivity contribution < 1.29 is 47.7 Å². The third kappa shape index (κ3) is 11.1. The molecule has 160 valence electrons. The van der Waals surface area contributed by atoms with Crippen LogP contribution < -0.4 is 0 Å². The lowest BCUT2D eigenvalue weighted by Gasteiger charge is -2.31. The van der Waals surface area contributed by atoms with Gasteiger partial charge >= 0.3 is 29.8 Å². The van der Waals surface area contributed by atoms with E-state index in [0.717, 1.165) is 18.2 Å². The highest BCUT2D eigenvalue weighted by Crippen LogP contribution is 2.22. The molecular formula is C19H24O10. The van der Waals surface area contributed by atoms with Crippen molar-refractivity contribution >= 4 is 29.8 Å². The van der Waals surface area contributed by atoms with E-state index in [0.29, 0.717) is 0 Å². The summed E-state index contributed by atoms with van der Waals surface area (Å²) in [4.78, 5) is 57.4. The van der Waals surface area contributed by atoms with Crippen molar-refractivity contribution in [2.75, 3.05) is 33.5 Å². The predicted molar refractivity (Wildman–Crippen MR) is 98.1 cm³/mol. The number of ether oxygens (including phenoxy) is 5. The molecule has 0 heterocycles. The Morgan fingerprint density at radius 3 is 1.34 bits per heavy atom. The molecule has 0 radical (unpaired) electrons. The van der Waals surface area contributed by atoms with Crippen molar-refractivity contribution in [3.63, 3.8) is 0 Å². The van der Waals surface area contributed by atoms with Gasteiger partial charge in [-0.15, -0.1) is 0 Å². The average Bonchev–Trinajstić information content (AvgIpc) is 2.75. The Balaban J connectivity index is 5.34. The van der Waals surface area contributed by atoms with Crippen LogP contribution in [0.25, 0.3) is 0 Å². The van der Waals surface area contributed by atoms with Gasteiger partial charge in [0.15, 0.2) is 0 Å². The minimum absolute atomic E-state index is 0.204. The predicted octanol–water partition coefficient (Wildman–Crippen LogP) is 0.657. The van der Waals surface area contributed by atoms with E-state index in [-0.39, 0.29) is 12.8 Å². The third-order valence-electron chi connectivity index (χ3n) is 3.36. The molecule has 29 heavy (non-hydrogen) atoms. The molecule has 0 amide bonds. The summed E-state index contributed by atoms with van der Waals surface area (Å²) in [6.45, 7) is 8.02. The fraction of sp³-hybridized carbons (Fsp3) is 0.421. The van der Waals surface area contributed by atoms with Gasteiger partial charge in [0.25, 0.3) is 0 Å². The second kappa shape index (κ2) is 13.7. The zero-order chi connectivity index (χ0) is 22.3. The summed E-state index contributed by atoms with van der Waals surface area (Å²) in [5.41, 5.74) is -1.42. The molecule has 0 aromatic rings. The number of hydrogen-bond donors (Lipinski definition) is 0. The van der Waals surface area contributed by atoms with Gasteiger partial charge in [-0.1, -0.05) is 19.7 Å². The van der Waals surface area contributed by atoms with Crippen LogP contribution in [0, 0.1) is 5.41 Å². The second-order valence-electron chi connectivity index (χ2n) is 5.67. The highest BCUT2D eigenvalue weighted by molar-refractivity contribution is 5.82. The largest absolute Gasteiger partial charge is 0.469 e. The minimum atomic E-state index is -1.42. The summed E-state index contributed by atoms with van der Waals surface area (Å²) in [6.07, 6.45) is 2.23. The summed E-state index contributed by atoms with van der Waals surface area (Å²) in [7, 11) is 1.18. The number of rotatable bonds is 14. The number of carbonyl (C=O) groups is 5. The molecule has 0 fully saturated rings. The van der Waals surface area contributed by atoms with Gasteiger partial charge in [-0.3, -0.25) is 9.59 Å². The van der Waals surface area contributed by atoms with E-state index < -0.39 is 61.7 Å². The van der Waals surface area contributed by atoms with E-state index in [1.165, 1.54) is 7.11 Å². The normalized spacial score (nSPS) is 10.1. The van der Waals surface area contributed by atoms with Crippen LogP contribution in [0.2, 0.25) is 0 Å². The van der Waals surface area contributed by atoms with Crippen LogP contribution in [0.4, 0.5) is 0 Å². The first-order valence-corrected chi connectivity index (χ1v) is 8.32. The van der Waals surface area contributed by atoms with E-state index in [9.17, 15) is 24.0 Å². The number of esters is 5. The molecule has 10 heteroatoms. The van der Waals surface area contributed by atoms with Crippen molar-refractivity contribution in [3.8, 4) is 0 Å². The number of hydrogen-bond acceptors (Lipinski definition) is 10. The van der Waals surface area contributed by atoms with Gasteiger partial charge in [0.2, 0.25) is 0 Å². The summed E-state index contributed by atoms with van der Waals surface area (Å²) < 4.78 is 24.5. The van der Waals surface area contributed by atoms with Crippen LogP contribution in [0.1, 0.15) is 12.8 Å². The van der Waals surface area contributed by atoms with Gasteiger partial charge in [-0.05, 0) is 0 Å². The molecule has 0 rings (SSSR count). The lowest BCUT2D eigenvalue weighted by molar-refractivity contribution is -0.167. The molecule has 0 aliphatic heterocycles. The van der Waals surface area contributed by atoms with Gasteiger partial charge < -0.3 is 23.7 Å². The lowest BCUT2D eigenvalue weighted by atomic mass is 9.92. The lowest BCUT2D eigenvalue weighted by Crippen LogP contribution is -2.43. The van der Waals surface area contributed by atoms with Crippen LogP contribution in [0.3, 0.4) is 0 Å². The summed E-state index contributed by atoms with van der Waals surface area (Å²) in [6, 6.07) is 0. The van der Waals surface area contributed by atoms with Crippen molar-refractivity contribution in [1.82, 2.24) is 0 Å². The molecule has 0 unspecified atom stereocenters. The molecular weight excluding hydrogens is 388 g/mol. The minimum Gasteiger partial charge on any atom is -0.469 e. The maximum Gasteiger partial charge on any atom is 0.330 e. The van der Waals surface area contributed by atoms with Crippen LogP contribution in [0.15, 0.2) is 38.0 Å². The van der Waals surface area contributed by atoms with Crippen LogP contribution in [0.5, 0.6) is 0 Å². The summed E-state index contributed by atoms with van der Waals surface area (Å²) in [5.74, 6) is -3.75. The van der Waals surface area contributed by atoms with Crippen molar-refractivity contribution in [1.29, 1.82) is 0 Å². The van der Waals surface area contributed by atoms with E-state index in [1.807, 2.05) is 0 Å². The molecule has 10 nitrogen and oxygen atoms in total. The Hall–Kier alpha value is -3.43. The number of methoxy groups -OCH3 is 1. The standard InChI is InChI=1S/C19H24O10/c1-5-14(20)26-10-19(11-27-15(21)6-2,12-28-16(22)7-3)13-29-18(24)9-8-17(23)25-4/h5-7H,1-3,8-13H2,4H3. The first kappa shape index (κ1) is 25.6. The molecule has 0 aliphatic rings. The Morgan fingerprint density at radius 2 is 1.00 bits per heavy atom. The maximum atomic E-state index is 11.9. The number of carbonyl (C=O) groups excluding carboxylic acids is 5. The van der Waals surface area contributed by atoms with Crippen molar-refractivity contribution in [3.05, 3.63) is 38.0 Å². The molecule has 0 aromatic heterocycles. The Kier molecular flexibility index (Phi) is 12.1. The van der Waals surface area contributed by atoms with Crippen LogP contribution in [-0.4, -0.2) is 63.4 Å². The third-order valence-corrected chi connectivity index (χ3v) is 3.36. The summed E-state index contributed by atoms with van der Waals surface area (Å²) in [5, 5.41) is 0. The monoisotopic (exact) mass is 412 g/mol. The molecule has 0 saturated heterocycles. The second-order valence-corrected chi connectivity index (χ2v) is 5.67. The molecule has 0 saturated carbocycles. The Morgan fingerprint density at radius 1 is 0.655 bits per heavy atom. The molecule has 0 N–H and O–H groups in total. The van der Waals surface area contributed by atoms with Gasteiger partial charge in [0.1, 0.15) is 31.8 Å². The van der Waals surface area contributed by atoms with E-state index in [2.05, 4.69) is 24.5 Å². The first-order valence-electron chi connectivity index (χ1n) is 8.32. The van der Waals surface area contributed by atoms with Crippen molar-refractivity contribution in [2.24, 2.45) is 5.41 Å². The van der Waals surface area contributed by atoms with Crippen LogP contribution >= 0.6 is 0 Å². The van der Waals surface area contributed by atoms with E-state index >= 15 is 0 Å². The smallest absolute Gasteiger partial charge is 0.330 e. The van der Waals surface area contributed by atoms with Crippen molar-refractivity contribution in [2.45, 2.75) is 12.8 Å². The first-order chi connectivity index (χ1) is 13.7. The molecule has 0 spiro atoms. The highest BCUT2D eigenvalue weighted by atomic mass is 16.6. The average molecular weight is 412 g/mol. The molecule has 0 aromatic carbocycles. The fourth-order valence-corrected chi connectivity index (χ4v) is 1.71. The molecule has 0 bridgehead atoms. The quantitative estimate of drug-likeness (QED) is 0.228. The van der Waals surface area contributed by atoms with Crippen LogP contribution in [-0.2, 0) is 47.7 Å².